The van der Waals surface area contributed by atoms with Crippen molar-refractivity contribution >= 4 is 5.78 Å². The Bertz CT molecular complexity index is 830. The molecule has 0 aromatic carbocycles. The predicted molar refractivity (Wildman–Crippen MR) is 133 cm³/mol. The van der Waals surface area contributed by atoms with E-state index in [1.807, 2.05) is 0 Å². The number of hydrogen-bond donors (Lipinski definition) is 1. The number of hydrogen-bond acceptors (Lipinski definition) is 2. The van der Waals surface area contributed by atoms with E-state index in [1.165, 1.54) is 18.4 Å². The Labute approximate surface area is 197 Å². The van der Waals surface area contributed by atoms with Crippen molar-refractivity contribution in [3.05, 3.63) is 23.3 Å². The molecule has 0 aliphatic heterocycles. The topological polar surface area (TPSA) is 37.3 Å². The molecule has 3 fully saturated rings. The van der Waals surface area contributed by atoms with Crippen LogP contribution in [0.3, 0.4) is 0 Å². The largest absolute Gasteiger partial charge is 0.393 e. The van der Waals surface area contributed by atoms with E-state index in [1.54, 1.807) is 5.57 Å². The van der Waals surface area contributed by atoms with Gasteiger partial charge in [-0.3, -0.25) is 4.79 Å². The van der Waals surface area contributed by atoms with Crippen LogP contribution in [0, 0.1) is 45.3 Å². The molecule has 1 N–H and O–H groups in total. The van der Waals surface area contributed by atoms with Crippen molar-refractivity contribution in [3.8, 4) is 0 Å². The smallest absolute Gasteiger partial charge is 0.138 e. The SMILES string of the molecule is CC(C)=CCC[C@@H](C)[C@H]1[C@@H](O)C[C@@]2(C)C3=CC[C@H]4C(C)(C)C(=O)CC[C@]4(C)[C@H]3CC[C@]12C. The molecule has 4 rings (SSSR count). The van der Waals surface area contributed by atoms with E-state index >= 15 is 0 Å². The molecule has 0 saturated heterocycles. The summed E-state index contributed by atoms with van der Waals surface area (Å²) in [5, 5.41) is 11.4. The van der Waals surface area contributed by atoms with Gasteiger partial charge in [-0.25, -0.2) is 0 Å². The summed E-state index contributed by atoms with van der Waals surface area (Å²) in [4.78, 5) is 12.8. The van der Waals surface area contributed by atoms with Gasteiger partial charge < -0.3 is 5.11 Å². The number of rotatable bonds is 4. The first-order valence-electron chi connectivity index (χ1n) is 13.3. The Morgan fingerprint density at radius 2 is 1.88 bits per heavy atom. The van der Waals surface area contributed by atoms with Gasteiger partial charge in [0, 0.05) is 11.8 Å². The van der Waals surface area contributed by atoms with Crippen LogP contribution in [0.15, 0.2) is 23.3 Å². The minimum absolute atomic E-state index is 0.0738. The molecule has 0 spiro atoms. The van der Waals surface area contributed by atoms with Gasteiger partial charge in [-0.05, 0) is 98.7 Å². The Morgan fingerprint density at radius 3 is 2.53 bits per heavy atom. The summed E-state index contributed by atoms with van der Waals surface area (Å²) in [5.74, 6) is 2.38. The van der Waals surface area contributed by atoms with Crippen LogP contribution in [-0.2, 0) is 4.79 Å². The maximum absolute atomic E-state index is 12.8. The lowest BCUT2D eigenvalue weighted by Crippen LogP contribution is -2.57. The number of Topliss-reactive ketones (excluding diaryl/α,β-unsaturated/α-hetero) is 1. The lowest BCUT2D eigenvalue weighted by molar-refractivity contribution is -0.146. The van der Waals surface area contributed by atoms with E-state index in [0.717, 1.165) is 38.5 Å². The fourth-order valence-corrected chi connectivity index (χ4v) is 9.44. The maximum atomic E-state index is 12.8. The fraction of sp³-hybridized carbons (Fsp3) is 0.833. The molecule has 4 aliphatic carbocycles. The van der Waals surface area contributed by atoms with Crippen molar-refractivity contribution < 1.29 is 9.90 Å². The van der Waals surface area contributed by atoms with E-state index in [4.69, 9.17) is 0 Å². The lowest BCUT2D eigenvalue weighted by atomic mass is 9.41. The van der Waals surface area contributed by atoms with E-state index < -0.39 is 0 Å². The zero-order valence-electron chi connectivity index (χ0n) is 22.1. The summed E-state index contributed by atoms with van der Waals surface area (Å²) >= 11 is 0. The Balaban J connectivity index is 1.67. The van der Waals surface area contributed by atoms with Crippen molar-refractivity contribution in [1.29, 1.82) is 0 Å². The van der Waals surface area contributed by atoms with Crippen molar-refractivity contribution in [1.82, 2.24) is 0 Å². The highest BCUT2D eigenvalue weighted by Gasteiger charge is 2.67. The monoisotopic (exact) mass is 440 g/mol. The van der Waals surface area contributed by atoms with E-state index in [0.29, 0.717) is 29.5 Å². The van der Waals surface area contributed by atoms with Crippen LogP contribution in [0.1, 0.15) is 107 Å². The van der Waals surface area contributed by atoms with Gasteiger partial charge in [0.15, 0.2) is 0 Å². The zero-order valence-corrected chi connectivity index (χ0v) is 22.1. The number of carbonyl (C=O) groups is 1. The molecular formula is C30H48O2. The molecule has 2 nitrogen and oxygen atoms in total. The molecule has 32 heavy (non-hydrogen) atoms. The Morgan fingerprint density at radius 1 is 1.19 bits per heavy atom. The van der Waals surface area contributed by atoms with Crippen molar-refractivity contribution in [2.45, 2.75) is 113 Å². The first-order chi connectivity index (χ1) is 14.8. The molecule has 2 heteroatoms. The number of aliphatic hydroxyl groups is 1. The molecule has 180 valence electrons. The quantitative estimate of drug-likeness (QED) is 0.459. The minimum Gasteiger partial charge on any atom is -0.393 e. The summed E-state index contributed by atoms with van der Waals surface area (Å²) in [6.07, 6.45) is 13.1. The van der Waals surface area contributed by atoms with Gasteiger partial charge in [0.1, 0.15) is 5.78 Å². The van der Waals surface area contributed by atoms with E-state index in [9.17, 15) is 9.90 Å². The van der Waals surface area contributed by atoms with E-state index in [-0.39, 0.29) is 27.8 Å². The van der Waals surface area contributed by atoms with Crippen molar-refractivity contribution in [3.63, 3.8) is 0 Å². The van der Waals surface area contributed by atoms with Crippen LogP contribution in [0.2, 0.25) is 0 Å². The fourth-order valence-electron chi connectivity index (χ4n) is 9.44. The van der Waals surface area contributed by atoms with Gasteiger partial charge in [0.05, 0.1) is 6.10 Å². The second-order valence-corrected chi connectivity index (χ2v) is 13.6. The molecule has 0 amide bonds. The van der Waals surface area contributed by atoms with Crippen LogP contribution in [0.4, 0.5) is 0 Å². The molecule has 8 atom stereocenters. The Kier molecular flexibility index (Phi) is 5.93. The van der Waals surface area contributed by atoms with Crippen LogP contribution in [-0.4, -0.2) is 17.0 Å². The summed E-state index contributed by atoms with van der Waals surface area (Å²) < 4.78 is 0. The summed E-state index contributed by atoms with van der Waals surface area (Å²) in [6, 6.07) is 0. The van der Waals surface area contributed by atoms with Gasteiger partial charge in [-0.1, -0.05) is 64.8 Å². The van der Waals surface area contributed by atoms with Crippen LogP contribution in [0.5, 0.6) is 0 Å². The highest BCUT2D eigenvalue weighted by Crippen LogP contribution is 2.73. The summed E-state index contributed by atoms with van der Waals surface area (Å²) in [6.45, 7) is 18.6. The first kappa shape index (κ1) is 24.2. The van der Waals surface area contributed by atoms with Gasteiger partial charge in [-0.15, -0.1) is 0 Å². The molecular weight excluding hydrogens is 392 g/mol. The van der Waals surface area contributed by atoms with Gasteiger partial charge in [0.2, 0.25) is 0 Å². The third-order valence-electron chi connectivity index (χ3n) is 11.4. The third-order valence-corrected chi connectivity index (χ3v) is 11.4. The molecule has 3 saturated carbocycles. The standard InChI is InChI=1S/C30H48O2/c1-19(2)10-9-11-20(3)26-23(31)18-30(8)22-12-13-24-27(4,5)25(32)15-16-28(24,6)21(22)14-17-29(26,30)7/h10,12,20-21,23-24,26,31H,9,11,13-18H2,1-8H3/t20-,21+,23+,24+,26+,28-,29-,30+/m1/s1. The average molecular weight is 441 g/mol. The van der Waals surface area contributed by atoms with Crippen LogP contribution >= 0.6 is 0 Å². The van der Waals surface area contributed by atoms with Gasteiger partial charge in [-0.2, -0.15) is 0 Å². The van der Waals surface area contributed by atoms with Crippen molar-refractivity contribution in [2.75, 3.05) is 0 Å². The molecule has 4 aliphatic rings. The predicted octanol–water partition coefficient (Wildman–Crippen LogP) is 7.51. The molecule has 0 radical (unpaired) electrons. The third kappa shape index (κ3) is 3.25. The molecule has 0 heterocycles. The van der Waals surface area contributed by atoms with Crippen LogP contribution in [0.25, 0.3) is 0 Å². The number of fused-ring (bicyclic) bond motifs is 5. The normalized spacial score (nSPS) is 45.9. The second kappa shape index (κ2) is 7.82. The average Bonchev–Trinajstić information content (AvgIpc) is 2.90. The number of aliphatic hydroxyl groups excluding tert-OH is 1. The second-order valence-electron chi connectivity index (χ2n) is 13.6. The zero-order chi connectivity index (χ0) is 23.7. The lowest BCUT2D eigenvalue weighted by Gasteiger charge is -2.63. The van der Waals surface area contributed by atoms with Crippen LogP contribution < -0.4 is 0 Å². The molecule has 0 aromatic rings. The highest BCUT2D eigenvalue weighted by atomic mass is 16.3. The van der Waals surface area contributed by atoms with Gasteiger partial charge in [0.25, 0.3) is 0 Å². The molecule has 0 unspecified atom stereocenters. The molecule has 0 aromatic heterocycles. The number of ketones is 1. The maximum Gasteiger partial charge on any atom is 0.138 e. The summed E-state index contributed by atoms with van der Waals surface area (Å²) in [7, 11) is 0. The highest BCUT2D eigenvalue weighted by molar-refractivity contribution is 5.85. The number of carbonyl (C=O) groups excluding carboxylic acids is 1. The summed E-state index contributed by atoms with van der Waals surface area (Å²) in [5.41, 5.74) is 3.27. The van der Waals surface area contributed by atoms with E-state index in [2.05, 4.69) is 67.5 Å². The first-order valence-corrected chi connectivity index (χ1v) is 13.3. The van der Waals surface area contributed by atoms with Gasteiger partial charge >= 0.3 is 0 Å². The number of allylic oxidation sites excluding steroid dienone is 4. The minimum atomic E-state index is -0.214. The Hall–Kier alpha value is -0.890. The van der Waals surface area contributed by atoms with Crippen molar-refractivity contribution in [2.24, 2.45) is 45.3 Å². The molecule has 0 bridgehead atoms.